The van der Waals surface area contributed by atoms with Gasteiger partial charge in [0.25, 0.3) is 0 Å². The van der Waals surface area contributed by atoms with Crippen LogP contribution in [-0.4, -0.2) is 24.6 Å². The third-order valence-electron chi connectivity index (χ3n) is 5.09. The van der Waals surface area contributed by atoms with Gasteiger partial charge in [-0.2, -0.15) is 0 Å². The third-order valence-corrected chi connectivity index (χ3v) is 5.09. The van der Waals surface area contributed by atoms with Gasteiger partial charge in [0.1, 0.15) is 23.2 Å². The molecule has 0 aliphatic heterocycles. The molecule has 0 bridgehead atoms. The first-order valence-corrected chi connectivity index (χ1v) is 10.0. The van der Waals surface area contributed by atoms with Gasteiger partial charge in [0.05, 0.1) is 11.3 Å². The van der Waals surface area contributed by atoms with Gasteiger partial charge in [0, 0.05) is 18.7 Å². The summed E-state index contributed by atoms with van der Waals surface area (Å²) in [4.78, 5) is 0. The van der Waals surface area contributed by atoms with Crippen LogP contribution in [0.25, 0.3) is 0 Å². The fourth-order valence-electron chi connectivity index (χ4n) is 3.57. The molecule has 0 unspecified atom stereocenters. The van der Waals surface area contributed by atoms with E-state index in [9.17, 15) is 0 Å². The lowest BCUT2D eigenvalue weighted by molar-refractivity contribution is 0.390. The molecule has 0 amide bonds. The molecule has 1 aliphatic rings. The van der Waals surface area contributed by atoms with Gasteiger partial charge < -0.3 is 21.1 Å². The lowest BCUT2D eigenvalue weighted by atomic mass is 9.95. The lowest BCUT2D eigenvalue weighted by Gasteiger charge is -2.27. The van der Waals surface area contributed by atoms with E-state index >= 15 is 0 Å². The predicted octanol–water partition coefficient (Wildman–Crippen LogP) is 4.14. The molecule has 2 aromatic rings. The van der Waals surface area contributed by atoms with E-state index in [4.69, 9.17) is 21.3 Å². The first kappa shape index (κ1) is 20.5. The van der Waals surface area contributed by atoms with Crippen molar-refractivity contribution in [2.45, 2.75) is 38.1 Å². The highest BCUT2D eigenvalue weighted by molar-refractivity contribution is 6.27. The van der Waals surface area contributed by atoms with E-state index in [1.165, 1.54) is 19.3 Å². The predicted molar refractivity (Wildman–Crippen MR) is 118 cm³/mol. The molecule has 1 fully saturated rings. The average Bonchev–Trinajstić information content (AvgIpc) is 2.75. The Bertz CT molecular complexity index is 868. The Morgan fingerprint density at radius 1 is 0.931 bits per heavy atom. The molecule has 29 heavy (non-hydrogen) atoms. The van der Waals surface area contributed by atoms with Crippen molar-refractivity contribution in [3.05, 3.63) is 71.6 Å². The highest BCUT2D eigenvalue weighted by Gasteiger charge is 2.20. The molecule has 0 atom stereocenters. The highest BCUT2D eigenvalue weighted by Crippen LogP contribution is 2.23. The third kappa shape index (κ3) is 5.38. The number of nitrogens with one attached hydrogen (secondary N) is 4. The molecule has 6 N–H and O–H groups in total. The number of ether oxygens (including phenoxy) is 1. The van der Waals surface area contributed by atoms with Crippen LogP contribution >= 0.6 is 0 Å². The molecule has 6 nitrogen and oxygen atoms in total. The number of benzene rings is 2. The Morgan fingerprint density at radius 2 is 1.55 bits per heavy atom. The number of hydrogen-bond acceptors (Lipinski definition) is 5. The van der Waals surface area contributed by atoms with Crippen LogP contribution in [0.4, 0.5) is 0 Å². The van der Waals surface area contributed by atoms with Crippen molar-refractivity contribution in [2.75, 3.05) is 7.05 Å². The molecular formula is C23H29N5O. The monoisotopic (exact) mass is 391 g/mol. The Kier molecular flexibility index (Phi) is 6.89. The first-order chi connectivity index (χ1) is 14.1. The molecule has 2 aromatic carbocycles. The number of amidine groups is 1. The minimum absolute atomic E-state index is 0.132. The average molecular weight is 392 g/mol. The van der Waals surface area contributed by atoms with E-state index in [0.717, 1.165) is 18.6 Å². The maximum Gasteiger partial charge on any atom is 0.128 e. The van der Waals surface area contributed by atoms with E-state index in [1.807, 2.05) is 54.6 Å². The summed E-state index contributed by atoms with van der Waals surface area (Å²) >= 11 is 0. The summed E-state index contributed by atoms with van der Waals surface area (Å²) in [7, 11) is 1.79. The van der Waals surface area contributed by atoms with Crippen molar-refractivity contribution in [3.63, 3.8) is 0 Å². The number of rotatable bonds is 8. The number of nitrogens with two attached hydrogens (primary N) is 1. The molecule has 0 spiro atoms. The molecular weight excluding hydrogens is 362 g/mol. The van der Waals surface area contributed by atoms with E-state index in [1.54, 1.807) is 7.05 Å². The van der Waals surface area contributed by atoms with Gasteiger partial charge in [-0.15, -0.1) is 0 Å². The SMILES string of the molecule is CN/C(NC1CCCCC1)=C(\C(=N)N)C(=N)c1ccc(Oc2ccccc2)cc1. The maximum absolute atomic E-state index is 8.66. The molecule has 0 aromatic heterocycles. The Balaban J connectivity index is 1.79. The van der Waals surface area contributed by atoms with Crippen LogP contribution in [0, 0.1) is 10.8 Å². The summed E-state index contributed by atoms with van der Waals surface area (Å²) in [6, 6.07) is 17.2. The van der Waals surface area contributed by atoms with Crippen LogP contribution in [0.15, 0.2) is 66.0 Å². The first-order valence-electron chi connectivity index (χ1n) is 10.0. The lowest BCUT2D eigenvalue weighted by Crippen LogP contribution is -2.39. The fourth-order valence-corrected chi connectivity index (χ4v) is 3.57. The molecule has 152 valence electrons. The smallest absolute Gasteiger partial charge is 0.128 e. The van der Waals surface area contributed by atoms with E-state index in [0.29, 0.717) is 28.7 Å². The van der Waals surface area contributed by atoms with Crippen molar-refractivity contribution in [2.24, 2.45) is 5.73 Å². The summed E-state index contributed by atoms with van der Waals surface area (Å²) < 4.78 is 5.82. The standard InChI is InChI=1S/C23H29N5O/c1-27-23(28-17-8-4-2-5-9-17)20(22(25)26)21(24)16-12-14-19(15-13-16)29-18-10-6-3-7-11-18/h3,6-7,10-15,17,24,27-28H,2,4-5,8-9H2,1H3,(H3,25,26)/b23-20+,24-21?. The van der Waals surface area contributed by atoms with E-state index in [2.05, 4.69) is 10.6 Å². The van der Waals surface area contributed by atoms with Crippen molar-refractivity contribution in [1.82, 2.24) is 10.6 Å². The van der Waals surface area contributed by atoms with Crippen LogP contribution in [0.2, 0.25) is 0 Å². The Morgan fingerprint density at radius 3 is 2.14 bits per heavy atom. The van der Waals surface area contributed by atoms with Gasteiger partial charge in [0.2, 0.25) is 0 Å². The highest BCUT2D eigenvalue weighted by atomic mass is 16.5. The molecule has 1 aliphatic carbocycles. The second-order valence-corrected chi connectivity index (χ2v) is 7.21. The van der Waals surface area contributed by atoms with Crippen LogP contribution in [0.3, 0.4) is 0 Å². The zero-order chi connectivity index (χ0) is 20.6. The summed E-state index contributed by atoms with van der Waals surface area (Å²) in [5.41, 5.74) is 7.13. The second-order valence-electron chi connectivity index (χ2n) is 7.21. The Labute approximate surface area is 172 Å². The molecule has 3 rings (SSSR count). The van der Waals surface area contributed by atoms with E-state index < -0.39 is 0 Å². The molecule has 1 saturated carbocycles. The van der Waals surface area contributed by atoms with Crippen molar-refractivity contribution >= 4 is 11.5 Å². The van der Waals surface area contributed by atoms with Gasteiger partial charge in [-0.25, -0.2) is 0 Å². The Hall–Kier alpha value is -3.28. The zero-order valence-corrected chi connectivity index (χ0v) is 16.8. The molecule has 0 radical (unpaired) electrons. The summed E-state index contributed by atoms with van der Waals surface area (Å²) in [6.45, 7) is 0. The molecule has 0 heterocycles. The van der Waals surface area contributed by atoms with E-state index in [-0.39, 0.29) is 11.5 Å². The fraction of sp³-hybridized carbons (Fsp3) is 0.304. The van der Waals surface area contributed by atoms with Crippen LogP contribution < -0.4 is 21.1 Å². The maximum atomic E-state index is 8.66. The zero-order valence-electron chi connectivity index (χ0n) is 16.8. The van der Waals surface area contributed by atoms with Gasteiger partial charge in [-0.3, -0.25) is 10.8 Å². The van der Waals surface area contributed by atoms with Gasteiger partial charge in [-0.05, 0) is 49.2 Å². The second kappa shape index (κ2) is 9.78. The van der Waals surface area contributed by atoms with Crippen LogP contribution in [-0.2, 0) is 0 Å². The van der Waals surface area contributed by atoms with Crippen LogP contribution in [0.1, 0.15) is 37.7 Å². The topological polar surface area (TPSA) is 107 Å². The van der Waals surface area contributed by atoms with Crippen LogP contribution in [0.5, 0.6) is 11.5 Å². The summed E-state index contributed by atoms with van der Waals surface area (Å²) in [5, 5.41) is 23.3. The largest absolute Gasteiger partial charge is 0.457 e. The van der Waals surface area contributed by atoms with Crippen molar-refractivity contribution < 1.29 is 4.74 Å². The minimum atomic E-state index is -0.132. The van der Waals surface area contributed by atoms with Gasteiger partial charge in [-0.1, -0.05) is 37.5 Å². The normalized spacial score (nSPS) is 15.2. The molecule has 0 saturated heterocycles. The van der Waals surface area contributed by atoms with Crippen molar-refractivity contribution in [3.8, 4) is 11.5 Å². The summed E-state index contributed by atoms with van der Waals surface area (Å²) in [6.07, 6.45) is 5.85. The molecule has 6 heteroatoms. The van der Waals surface area contributed by atoms with Gasteiger partial charge in [0.15, 0.2) is 0 Å². The van der Waals surface area contributed by atoms with Gasteiger partial charge >= 0.3 is 0 Å². The van der Waals surface area contributed by atoms with Crippen molar-refractivity contribution in [1.29, 1.82) is 10.8 Å². The number of para-hydroxylation sites is 1. The minimum Gasteiger partial charge on any atom is -0.457 e. The summed E-state index contributed by atoms with van der Waals surface area (Å²) in [5.74, 6) is 1.95. The quantitative estimate of drug-likeness (QED) is 0.344. The number of hydrogen-bond donors (Lipinski definition) is 5.